The minimum atomic E-state index is -3.22. The van der Waals surface area contributed by atoms with Gasteiger partial charge in [0.2, 0.25) is 10.0 Å². The summed E-state index contributed by atoms with van der Waals surface area (Å²) in [4.78, 5) is 13.7. The van der Waals surface area contributed by atoms with Gasteiger partial charge in [0.25, 0.3) is 0 Å². The first kappa shape index (κ1) is 24.6. The van der Waals surface area contributed by atoms with E-state index in [1.807, 2.05) is 34.0 Å². The molecular weight excluding hydrogens is 501 g/mol. The molecule has 3 aromatic heterocycles. The molecule has 0 aliphatic carbocycles. The number of benzene rings is 1. The van der Waals surface area contributed by atoms with Crippen molar-refractivity contribution in [3.8, 4) is 11.3 Å². The van der Waals surface area contributed by atoms with E-state index in [4.69, 9.17) is 15.1 Å². The maximum atomic E-state index is 13.3. The molecule has 4 heterocycles. The fourth-order valence-electron chi connectivity index (χ4n) is 4.49. The second-order valence-electron chi connectivity index (χ2n) is 8.93. The summed E-state index contributed by atoms with van der Waals surface area (Å²) in [5.74, 6) is 1.39. The molecule has 0 radical (unpaired) electrons. The maximum Gasteiger partial charge on any atom is 0.208 e. The summed E-state index contributed by atoms with van der Waals surface area (Å²) < 4.78 is 41.0. The third-order valence-electron chi connectivity index (χ3n) is 6.28. The molecule has 5 rings (SSSR count). The smallest absolute Gasteiger partial charge is 0.208 e. The highest BCUT2D eigenvalue weighted by Crippen LogP contribution is 2.34. The number of nitrogens with zero attached hydrogens (tertiary/aromatic N) is 6. The van der Waals surface area contributed by atoms with Crippen LogP contribution in [0, 0.1) is 5.82 Å². The van der Waals surface area contributed by atoms with E-state index in [0.29, 0.717) is 13.1 Å². The summed E-state index contributed by atoms with van der Waals surface area (Å²) in [5, 5.41) is 7.67. The van der Waals surface area contributed by atoms with Gasteiger partial charge in [-0.2, -0.15) is 4.52 Å². The minimum Gasteiger partial charge on any atom is -0.355 e. The molecule has 0 amide bonds. The highest BCUT2D eigenvalue weighted by Gasteiger charge is 2.24. The van der Waals surface area contributed by atoms with Crippen molar-refractivity contribution < 1.29 is 12.8 Å². The van der Waals surface area contributed by atoms with Crippen LogP contribution in [-0.4, -0.2) is 60.4 Å². The van der Waals surface area contributed by atoms with Crippen LogP contribution < -0.4 is 14.5 Å². The number of anilines is 3. The van der Waals surface area contributed by atoms with Crippen LogP contribution in [0.25, 0.3) is 16.9 Å². The van der Waals surface area contributed by atoms with Crippen LogP contribution in [0.2, 0.25) is 0 Å². The molecule has 0 bridgehead atoms. The SMILES string of the molecule is CCc1nc2ccc(N3CCC(NS(C)(=O)=O)CC3)nn2c1N(C)c1nc(-c2ccc(F)cc2)cs1. The summed E-state index contributed by atoms with van der Waals surface area (Å²) in [6.07, 6.45) is 3.36. The highest BCUT2D eigenvalue weighted by molar-refractivity contribution is 7.88. The van der Waals surface area contributed by atoms with Crippen LogP contribution in [0.5, 0.6) is 0 Å². The molecule has 1 N–H and O–H groups in total. The van der Waals surface area contributed by atoms with E-state index in [-0.39, 0.29) is 11.9 Å². The van der Waals surface area contributed by atoms with Gasteiger partial charge in [-0.15, -0.1) is 16.4 Å². The van der Waals surface area contributed by atoms with Crippen molar-refractivity contribution >= 4 is 43.8 Å². The van der Waals surface area contributed by atoms with Crippen LogP contribution in [0.15, 0.2) is 41.8 Å². The van der Waals surface area contributed by atoms with Crippen LogP contribution in [0.4, 0.5) is 21.2 Å². The molecule has 1 saturated heterocycles. The summed E-state index contributed by atoms with van der Waals surface area (Å²) >= 11 is 1.51. The van der Waals surface area contributed by atoms with Crippen molar-refractivity contribution in [3.05, 3.63) is 53.3 Å². The van der Waals surface area contributed by atoms with Gasteiger partial charge in [0.1, 0.15) is 11.6 Å². The third-order valence-corrected chi connectivity index (χ3v) is 7.96. The molecule has 0 atom stereocenters. The Kier molecular flexibility index (Phi) is 6.66. The molecule has 0 saturated carbocycles. The molecule has 1 fully saturated rings. The summed E-state index contributed by atoms with van der Waals surface area (Å²) in [7, 11) is -1.27. The number of sulfonamides is 1. The Morgan fingerprint density at radius 2 is 1.86 bits per heavy atom. The number of aromatic nitrogens is 4. The number of hydrogen-bond acceptors (Lipinski definition) is 8. The number of imidazole rings is 1. The van der Waals surface area contributed by atoms with Crippen LogP contribution in [-0.2, 0) is 16.4 Å². The van der Waals surface area contributed by atoms with Crippen molar-refractivity contribution in [2.45, 2.75) is 32.2 Å². The topological polar surface area (TPSA) is 95.7 Å². The summed E-state index contributed by atoms with van der Waals surface area (Å²) in [6, 6.07) is 10.2. The molecule has 12 heteroatoms. The molecule has 36 heavy (non-hydrogen) atoms. The first-order valence-corrected chi connectivity index (χ1v) is 14.5. The average molecular weight is 530 g/mol. The van der Waals surface area contributed by atoms with E-state index >= 15 is 0 Å². The van der Waals surface area contributed by atoms with E-state index in [0.717, 1.165) is 58.6 Å². The number of nitrogens with one attached hydrogen (secondary N) is 1. The molecule has 1 aromatic carbocycles. The van der Waals surface area contributed by atoms with E-state index < -0.39 is 10.0 Å². The maximum absolute atomic E-state index is 13.3. The number of hydrogen-bond donors (Lipinski definition) is 1. The van der Waals surface area contributed by atoms with Crippen molar-refractivity contribution in [2.24, 2.45) is 0 Å². The van der Waals surface area contributed by atoms with Crippen molar-refractivity contribution in [3.63, 3.8) is 0 Å². The monoisotopic (exact) mass is 529 g/mol. The lowest BCUT2D eigenvalue weighted by Crippen LogP contribution is -2.44. The number of fused-ring (bicyclic) bond motifs is 1. The lowest BCUT2D eigenvalue weighted by atomic mass is 10.1. The molecule has 0 spiro atoms. The number of halogens is 1. The zero-order valence-electron chi connectivity index (χ0n) is 20.3. The quantitative estimate of drug-likeness (QED) is 0.389. The Hall–Kier alpha value is -3.09. The van der Waals surface area contributed by atoms with Crippen LogP contribution >= 0.6 is 11.3 Å². The van der Waals surface area contributed by atoms with E-state index in [9.17, 15) is 12.8 Å². The Bertz CT molecular complexity index is 1480. The predicted molar refractivity (Wildman–Crippen MR) is 141 cm³/mol. The second kappa shape index (κ2) is 9.75. The van der Waals surface area contributed by atoms with E-state index in [1.54, 1.807) is 12.1 Å². The lowest BCUT2D eigenvalue weighted by molar-refractivity contribution is 0.459. The normalized spacial score (nSPS) is 15.1. The fourth-order valence-corrected chi connectivity index (χ4v) is 6.13. The zero-order chi connectivity index (χ0) is 25.4. The Morgan fingerprint density at radius 3 is 2.53 bits per heavy atom. The van der Waals surface area contributed by atoms with E-state index in [1.165, 1.54) is 29.7 Å². The standard InChI is InChI=1S/C24H28FN7O2S2/c1-4-19-23(30(2)24-27-20(15-35-24)16-5-7-17(25)8-6-16)32-21(26-19)9-10-22(28-32)31-13-11-18(12-14-31)29-36(3,33)34/h5-10,15,18,29H,4,11-14H2,1-3H3. The van der Waals surface area contributed by atoms with Gasteiger partial charge in [-0.25, -0.2) is 27.5 Å². The van der Waals surface area contributed by atoms with Crippen molar-refractivity contribution in [1.29, 1.82) is 0 Å². The van der Waals surface area contributed by atoms with Gasteiger partial charge in [0.05, 0.1) is 17.6 Å². The first-order chi connectivity index (χ1) is 17.2. The molecule has 0 unspecified atom stereocenters. The summed E-state index contributed by atoms with van der Waals surface area (Å²) in [5.41, 5.74) is 3.31. The van der Waals surface area contributed by atoms with Gasteiger partial charge in [0, 0.05) is 37.1 Å². The van der Waals surface area contributed by atoms with Crippen molar-refractivity contribution in [1.82, 2.24) is 24.3 Å². The number of thiazole rings is 1. The van der Waals surface area contributed by atoms with Crippen LogP contribution in [0.3, 0.4) is 0 Å². The fraction of sp³-hybridized carbons (Fsp3) is 0.375. The molecule has 1 aliphatic heterocycles. The van der Waals surface area contributed by atoms with Gasteiger partial charge >= 0.3 is 0 Å². The van der Waals surface area contributed by atoms with Gasteiger partial charge in [0.15, 0.2) is 16.6 Å². The van der Waals surface area contributed by atoms with Crippen molar-refractivity contribution in [2.75, 3.05) is 36.2 Å². The zero-order valence-corrected chi connectivity index (χ0v) is 22.0. The van der Waals surface area contributed by atoms with Gasteiger partial charge in [-0.05, 0) is 55.7 Å². The molecule has 4 aromatic rings. The molecule has 9 nitrogen and oxygen atoms in total. The Labute approximate surface area is 213 Å². The summed E-state index contributed by atoms with van der Waals surface area (Å²) in [6.45, 7) is 3.48. The number of rotatable bonds is 7. The van der Waals surface area contributed by atoms with Crippen LogP contribution in [0.1, 0.15) is 25.5 Å². The Morgan fingerprint density at radius 1 is 1.14 bits per heavy atom. The minimum absolute atomic E-state index is 0.0539. The first-order valence-electron chi connectivity index (χ1n) is 11.8. The average Bonchev–Trinajstić information content (AvgIpc) is 3.48. The van der Waals surface area contributed by atoms with Gasteiger partial charge in [-0.1, -0.05) is 6.92 Å². The van der Waals surface area contributed by atoms with E-state index in [2.05, 4.69) is 16.5 Å². The highest BCUT2D eigenvalue weighted by atomic mass is 32.2. The van der Waals surface area contributed by atoms with Gasteiger partial charge < -0.3 is 9.80 Å². The lowest BCUT2D eigenvalue weighted by Gasteiger charge is -2.32. The number of aryl methyl sites for hydroxylation is 1. The molecule has 1 aliphatic rings. The molecule has 190 valence electrons. The van der Waals surface area contributed by atoms with Gasteiger partial charge in [-0.3, -0.25) is 0 Å². The Balaban J connectivity index is 1.42. The molecular formula is C24H28FN7O2S2. The largest absolute Gasteiger partial charge is 0.355 e. The second-order valence-corrected chi connectivity index (χ2v) is 11.5. The number of piperidine rings is 1. The third kappa shape index (κ3) is 5.06. The predicted octanol–water partition coefficient (Wildman–Crippen LogP) is 3.84.